The molecule has 0 spiro atoms. The molecule has 1 heterocycles. The number of piperidine rings is 1. The van der Waals surface area contributed by atoms with Crippen LogP contribution in [0.3, 0.4) is 0 Å². The Hall–Kier alpha value is -0.120. The van der Waals surface area contributed by atoms with Gasteiger partial charge in [-0.05, 0) is 57.5 Å². The van der Waals surface area contributed by atoms with Crippen LogP contribution in [0.15, 0.2) is 0 Å². The van der Waals surface area contributed by atoms with Gasteiger partial charge in [0.2, 0.25) is 0 Å². The lowest BCUT2D eigenvalue weighted by molar-refractivity contribution is 0.0580. The number of aliphatic hydroxyl groups is 1. The molecule has 0 amide bonds. The Bertz CT molecular complexity index is 251. The van der Waals surface area contributed by atoms with E-state index in [1.807, 2.05) is 0 Å². The standard InChI is InChI=1S/C15H30N2O/c1-2-4-13-6-9-17(10-7-13)14-5-3-8-15(16,11-14)12-18/h13-14,18H,2-12,16H2,1H3. The summed E-state index contributed by atoms with van der Waals surface area (Å²) in [5.41, 5.74) is 5.95. The molecule has 0 aromatic carbocycles. The molecular formula is C15H30N2O. The smallest absolute Gasteiger partial charge is 0.0611 e. The van der Waals surface area contributed by atoms with Crippen molar-refractivity contribution in [1.29, 1.82) is 0 Å². The van der Waals surface area contributed by atoms with Crippen LogP contribution in [0.5, 0.6) is 0 Å². The number of hydrogen-bond donors (Lipinski definition) is 2. The topological polar surface area (TPSA) is 49.5 Å². The number of rotatable bonds is 4. The van der Waals surface area contributed by atoms with Crippen molar-refractivity contribution in [3.05, 3.63) is 0 Å². The SMILES string of the molecule is CCCC1CCN(C2CCCC(N)(CO)C2)CC1. The summed E-state index contributed by atoms with van der Waals surface area (Å²) in [6.07, 6.45) is 9.88. The second kappa shape index (κ2) is 6.36. The fourth-order valence-corrected chi connectivity index (χ4v) is 3.83. The van der Waals surface area contributed by atoms with E-state index in [2.05, 4.69) is 11.8 Å². The van der Waals surface area contributed by atoms with Crippen LogP contribution in [0.2, 0.25) is 0 Å². The van der Waals surface area contributed by atoms with Gasteiger partial charge in [-0.25, -0.2) is 0 Å². The molecule has 2 rings (SSSR count). The molecule has 2 atom stereocenters. The molecule has 0 aromatic rings. The molecule has 1 aliphatic heterocycles. The largest absolute Gasteiger partial charge is 0.394 e. The fourth-order valence-electron chi connectivity index (χ4n) is 3.83. The second-order valence-electron chi connectivity index (χ2n) is 6.54. The molecule has 0 bridgehead atoms. The normalized spacial score (nSPS) is 35.8. The van der Waals surface area contributed by atoms with E-state index < -0.39 is 0 Å². The van der Waals surface area contributed by atoms with Gasteiger partial charge in [-0.15, -0.1) is 0 Å². The molecule has 3 heteroatoms. The molecule has 106 valence electrons. The molecule has 3 nitrogen and oxygen atoms in total. The Balaban J connectivity index is 1.82. The molecular weight excluding hydrogens is 224 g/mol. The van der Waals surface area contributed by atoms with E-state index in [0.29, 0.717) is 6.04 Å². The van der Waals surface area contributed by atoms with Gasteiger partial charge in [0, 0.05) is 11.6 Å². The number of nitrogens with two attached hydrogens (primary N) is 1. The molecule has 1 saturated carbocycles. The van der Waals surface area contributed by atoms with E-state index in [0.717, 1.165) is 18.8 Å². The van der Waals surface area contributed by atoms with Gasteiger partial charge in [-0.3, -0.25) is 0 Å². The van der Waals surface area contributed by atoms with Crippen LogP contribution in [0, 0.1) is 5.92 Å². The lowest BCUT2D eigenvalue weighted by Crippen LogP contribution is -2.54. The molecule has 1 aliphatic carbocycles. The predicted octanol–water partition coefficient (Wildman–Crippen LogP) is 2.13. The summed E-state index contributed by atoms with van der Waals surface area (Å²) in [6, 6.07) is 0.624. The van der Waals surface area contributed by atoms with E-state index in [-0.39, 0.29) is 12.1 Å². The van der Waals surface area contributed by atoms with Gasteiger partial charge in [-0.1, -0.05) is 19.8 Å². The first-order valence-corrected chi connectivity index (χ1v) is 7.80. The van der Waals surface area contributed by atoms with Gasteiger partial charge < -0.3 is 15.7 Å². The quantitative estimate of drug-likeness (QED) is 0.808. The Morgan fingerprint density at radius 2 is 2.00 bits per heavy atom. The van der Waals surface area contributed by atoms with Crippen LogP contribution < -0.4 is 5.73 Å². The van der Waals surface area contributed by atoms with Crippen molar-refractivity contribution in [3.63, 3.8) is 0 Å². The molecule has 0 aromatic heterocycles. The molecule has 2 fully saturated rings. The lowest BCUT2D eigenvalue weighted by Gasteiger charge is -2.44. The minimum absolute atomic E-state index is 0.149. The summed E-state index contributed by atoms with van der Waals surface area (Å²) >= 11 is 0. The Kier molecular flexibility index (Phi) is 5.05. The van der Waals surface area contributed by atoms with Crippen molar-refractivity contribution in [2.75, 3.05) is 19.7 Å². The first-order valence-electron chi connectivity index (χ1n) is 7.80. The van der Waals surface area contributed by atoms with Crippen molar-refractivity contribution in [3.8, 4) is 0 Å². The zero-order valence-electron chi connectivity index (χ0n) is 11.9. The van der Waals surface area contributed by atoms with Crippen molar-refractivity contribution in [1.82, 2.24) is 4.90 Å². The third-order valence-electron chi connectivity index (χ3n) is 5.03. The van der Waals surface area contributed by atoms with Gasteiger partial charge in [-0.2, -0.15) is 0 Å². The first kappa shape index (κ1) is 14.3. The van der Waals surface area contributed by atoms with Crippen molar-refractivity contribution >= 4 is 0 Å². The van der Waals surface area contributed by atoms with Crippen LogP contribution in [0.1, 0.15) is 58.3 Å². The number of likely N-dealkylation sites (tertiary alicyclic amines) is 1. The monoisotopic (exact) mass is 254 g/mol. The summed E-state index contributed by atoms with van der Waals surface area (Å²) in [5, 5.41) is 9.43. The summed E-state index contributed by atoms with van der Waals surface area (Å²) in [5.74, 6) is 0.954. The third kappa shape index (κ3) is 3.46. The highest BCUT2D eigenvalue weighted by Gasteiger charge is 2.35. The fraction of sp³-hybridized carbons (Fsp3) is 1.00. The van der Waals surface area contributed by atoms with Crippen LogP contribution in [0.4, 0.5) is 0 Å². The highest BCUT2D eigenvalue weighted by molar-refractivity contribution is 4.94. The Morgan fingerprint density at radius 1 is 1.28 bits per heavy atom. The first-order chi connectivity index (χ1) is 8.67. The second-order valence-corrected chi connectivity index (χ2v) is 6.54. The van der Waals surface area contributed by atoms with E-state index in [1.54, 1.807) is 0 Å². The van der Waals surface area contributed by atoms with Gasteiger partial charge in [0.05, 0.1) is 6.61 Å². The van der Waals surface area contributed by atoms with Crippen LogP contribution >= 0.6 is 0 Å². The lowest BCUT2D eigenvalue weighted by atomic mass is 9.79. The van der Waals surface area contributed by atoms with E-state index in [4.69, 9.17) is 5.73 Å². The van der Waals surface area contributed by atoms with E-state index >= 15 is 0 Å². The summed E-state index contributed by atoms with van der Waals surface area (Å²) < 4.78 is 0. The van der Waals surface area contributed by atoms with Crippen LogP contribution in [-0.4, -0.2) is 41.3 Å². The van der Waals surface area contributed by atoms with Gasteiger partial charge >= 0.3 is 0 Å². The van der Waals surface area contributed by atoms with Gasteiger partial charge in [0.1, 0.15) is 0 Å². The Morgan fingerprint density at radius 3 is 2.61 bits per heavy atom. The zero-order chi connectivity index (χ0) is 13.0. The summed E-state index contributed by atoms with van der Waals surface area (Å²) in [4.78, 5) is 2.64. The minimum Gasteiger partial charge on any atom is -0.394 e. The maximum absolute atomic E-state index is 9.43. The van der Waals surface area contributed by atoms with Gasteiger partial charge in [0.25, 0.3) is 0 Å². The maximum atomic E-state index is 9.43. The third-order valence-corrected chi connectivity index (χ3v) is 5.03. The van der Waals surface area contributed by atoms with E-state index in [9.17, 15) is 5.11 Å². The van der Waals surface area contributed by atoms with Crippen molar-refractivity contribution < 1.29 is 5.11 Å². The Labute approximate surface area is 112 Å². The average molecular weight is 254 g/mol. The molecule has 2 aliphatic rings. The average Bonchev–Trinajstić information content (AvgIpc) is 2.40. The van der Waals surface area contributed by atoms with Gasteiger partial charge in [0.15, 0.2) is 0 Å². The molecule has 18 heavy (non-hydrogen) atoms. The number of nitrogens with zero attached hydrogens (tertiary/aromatic N) is 1. The summed E-state index contributed by atoms with van der Waals surface area (Å²) in [7, 11) is 0. The summed E-state index contributed by atoms with van der Waals surface area (Å²) in [6.45, 7) is 4.93. The minimum atomic E-state index is -0.302. The highest BCUT2D eigenvalue weighted by Crippen LogP contribution is 2.32. The van der Waals surface area contributed by atoms with Crippen LogP contribution in [-0.2, 0) is 0 Å². The maximum Gasteiger partial charge on any atom is 0.0611 e. The number of hydrogen-bond acceptors (Lipinski definition) is 3. The predicted molar refractivity (Wildman–Crippen MR) is 75.5 cm³/mol. The molecule has 1 saturated heterocycles. The molecule has 2 unspecified atom stereocenters. The number of aliphatic hydroxyl groups excluding tert-OH is 1. The van der Waals surface area contributed by atoms with Crippen LogP contribution in [0.25, 0.3) is 0 Å². The van der Waals surface area contributed by atoms with E-state index in [1.165, 1.54) is 51.6 Å². The zero-order valence-corrected chi connectivity index (χ0v) is 11.9. The van der Waals surface area contributed by atoms with Crippen molar-refractivity contribution in [2.24, 2.45) is 11.7 Å². The molecule has 0 radical (unpaired) electrons. The van der Waals surface area contributed by atoms with Crippen molar-refractivity contribution in [2.45, 2.75) is 69.9 Å². The molecule has 3 N–H and O–H groups in total. The highest BCUT2D eigenvalue weighted by atomic mass is 16.3.